The van der Waals surface area contributed by atoms with Crippen molar-refractivity contribution >= 4 is 21.6 Å². The molecular weight excluding hydrogens is 396 g/mol. The Morgan fingerprint density at radius 2 is 1.83 bits per heavy atom. The van der Waals surface area contributed by atoms with E-state index in [-0.39, 0.29) is 28.8 Å². The van der Waals surface area contributed by atoms with E-state index in [0.29, 0.717) is 6.42 Å². The number of fused-ring (bicyclic) bond motifs is 2. The van der Waals surface area contributed by atoms with Crippen LogP contribution in [0.5, 0.6) is 0 Å². The number of nitrogens with one attached hydrogen (secondary N) is 1. The predicted octanol–water partition coefficient (Wildman–Crippen LogP) is 4.12. The van der Waals surface area contributed by atoms with Crippen molar-refractivity contribution in [1.82, 2.24) is 4.72 Å². The zero-order chi connectivity index (χ0) is 20.9. The SMILES string of the molecule is C[C@@H]1Cc2cc(S(=O)(=O)N[C@@H]3CCCc4ccccc43)ccc2N1C(=O)C1CCC1. The van der Waals surface area contributed by atoms with Gasteiger partial charge >= 0.3 is 0 Å². The molecule has 0 aromatic heterocycles. The van der Waals surface area contributed by atoms with E-state index in [1.165, 1.54) is 5.56 Å². The molecule has 2 atom stereocenters. The van der Waals surface area contributed by atoms with Gasteiger partial charge in [0, 0.05) is 23.7 Å². The van der Waals surface area contributed by atoms with Gasteiger partial charge in [0.1, 0.15) is 0 Å². The lowest BCUT2D eigenvalue weighted by Gasteiger charge is -2.32. The van der Waals surface area contributed by atoms with Crippen molar-refractivity contribution < 1.29 is 13.2 Å². The Morgan fingerprint density at radius 3 is 2.60 bits per heavy atom. The molecule has 1 aliphatic heterocycles. The molecule has 2 aliphatic carbocycles. The number of carbonyl (C=O) groups is 1. The Balaban J connectivity index is 1.40. The lowest BCUT2D eigenvalue weighted by atomic mass is 9.84. The van der Waals surface area contributed by atoms with Gasteiger partial charge in [0.2, 0.25) is 15.9 Å². The molecule has 1 N–H and O–H groups in total. The maximum Gasteiger partial charge on any atom is 0.241 e. The van der Waals surface area contributed by atoms with E-state index in [4.69, 9.17) is 0 Å². The molecule has 1 saturated carbocycles. The van der Waals surface area contributed by atoms with Crippen LogP contribution < -0.4 is 9.62 Å². The highest BCUT2D eigenvalue weighted by Crippen LogP contribution is 2.38. The maximum absolute atomic E-state index is 13.2. The summed E-state index contributed by atoms with van der Waals surface area (Å²) < 4.78 is 29.3. The molecule has 0 unspecified atom stereocenters. The average molecular weight is 425 g/mol. The second-order valence-electron chi connectivity index (χ2n) is 8.94. The molecule has 0 saturated heterocycles. The van der Waals surface area contributed by atoms with Crippen LogP contribution in [-0.2, 0) is 27.7 Å². The van der Waals surface area contributed by atoms with Crippen molar-refractivity contribution in [2.45, 2.75) is 68.8 Å². The fourth-order valence-corrected chi connectivity index (χ4v) is 6.39. The maximum atomic E-state index is 13.2. The second kappa shape index (κ2) is 7.50. The number of carbonyl (C=O) groups excluding carboxylic acids is 1. The van der Waals surface area contributed by atoms with E-state index in [2.05, 4.69) is 10.8 Å². The Morgan fingerprint density at radius 1 is 1.03 bits per heavy atom. The highest BCUT2D eigenvalue weighted by molar-refractivity contribution is 7.89. The van der Waals surface area contributed by atoms with Crippen LogP contribution in [0.15, 0.2) is 47.4 Å². The van der Waals surface area contributed by atoms with Crippen LogP contribution in [0, 0.1) is 5.92 Å². The number of aryl methyl sites for hydroxylation is 1. The third kappa shape index (κ3) is 3.36. The second-order valence-corrected chi connectivity index (χ2v) is 10.7. The summed E-state index contributed by atoms with van der Waals surface area (Å²) in [4.78, 5) is 15.0. The molecule has 0 radical (unpaired) electrons. The molecule has 0 bridgehead atoms. The molecular formula is C24H28N2O3S. The zero-order valence-electron chi connectivity index (χ0n) is 17.3. The Labute approximate surface area is 178 Å². The van der Waals surface area contributed by atoms with Crippen molar-refractivity contribution in [3.63, 3.8) is 0 Å². The van der Waals surface area contributed by atoms with Gasteiger partial charge < -0.3 is 4.90 Å². The summed E-state index contributed by atoms with van der Waals surface area (Å²) in [5.74, 6) is 0.329. The van der Waals surface area contributed by atoms with Crippen LogP contribution in [-0.4, -0.2) is 20.4 Å². The molecule has 5 nitrogen and oxygen atoms in total. The van der Waals surface area contributed by atoms with Gasteiger partial charge in [0.05, 0.1) is 4.90 Å². The normalized spacial score (nSPS) is 23.6. The van der Waals surface area contributed by atoms with Gasteiger partial charge in [-0.1, -0.05) is 30.7 Å². The first kappa shape index (κ1) is 19.8. The van der Waals surface area contributed by atoms with Crippen LogP contribution in [0.1, 0.15) is 61.8 Å². The van der Waals surface area contributed by atoms with Gasteiger partial charge in [-0.05, 0) is 80.3 Å². The Bertz CT molecular complexity index is 1090. The summed E-state index contributed by atoms with van der Waals surface area (Å²) in [6.45, 7) is 2.04. The minimum atomic E-state index is -3.64. The highest BCUT2D eigenvalue weighted by Gasteiger charge is 2.37. The van der Waals surface area contributed by atoms with Gasteiger partial charge in [-0.15, -0.1) is 0 Å². The summed E-state index contributed by atoms with van der Waals surface area (Å²) in [5.41, 5.74) is 4.13. The van der Waals surface area contributed by atoms with Crippen LogP contribution in [0.4, 0.5) is 5.69 Å². The zero-order valence-corrected chi connectivity index (χ0v) is 18.1. The monoisotopic (exact) mass is 424 g/mol. The number of anilines is 1. The first-order chi connectivity index (χ1) is 14.4. The Kier molecular flexibility index (Phi) is 4.94. The molecule has 1 heterocycles. The number of amides is 1. The number of benzene rings is 2. The number of sulfonamides is 1. The summed E-state index contributed by atoms with van der Waals surface area (Å²) in [6, 6.07) is 13.2. The third-order valence-electron chi connectivity index (χ3n) is 6.94. The molecule has 6 heteroatoms. The molecule has 1 amide bonds. The van der Waals surface area contributed by atoms with Gasteiger partial charge in [-0.25, -0.2) is 13.1 Å². The standard InChI is InChI=1S/C24H28N2O3S/c1-16-14-19-15-20(12-13-23(19)26(16)24(27)18-8-4-9-18)30(28,29)25-22-11-5-7-17-6-2-3-10-21(17)22/h2-3,6,10,12-13,15-16,18,22,25H,4-5,7-9,11,14H2,1H3/t16-,22-/m1/s1. The summed E-state index contributed by atoms with van der Waals surface area (Å²) >= 11 is 0. The smallest absolute Gasteiger partial charge is 0.241 e. The van der Waals surface area contributed by atoms with E-state index in [9.17, 15) is 13.2 Å². The van der Waals surface area contributed by atoms with E-state index in [0.717, 1.165) is 55.3 Å². The summed E-state index contributed by atoms with van der Waals surface area (Å²) in [6.07, 6.45) is 6.54. The molecule has 0 spiro atoms. The van der Waals surface area contributed by atoms with Gasteiger partial charge in [0.15, 0.2) is 0 Å². The Hall–Kier alpha value is -2.18. The minimum Gasteiger partial charge on any atom is -0.309 e. The van der Waals surface area contributed by atoms with E-state index in [1.807, 2.05) is 36.1 Å². The van der Waals surface area contributed by atoms with Gasteiger partial charge in [0.25, 0.3) is 0 Å². The topological polar surface area (TPSA) is 66.5 Å². The summed E-state index contributed by atoms with van der Waals surface area (Å²) in [5, 5.41) is 0. The predicted molar refractivity (Wildman–Crippen MR) is 117 cm³/mol. The van der Waals surface area contributed by atoms with Crippen molar-refractivity contribution in [3.05, 3.63) is 59.2 Å². The van der Waals surface area contributed by atoms with Crippen molar-refractivity contribution in [1.29, 1.82) is 0 Å². The van der Waals surface area contributed by atoms with Gasteiger partial charge in [-0.3, -0.25) is 4.79 Å². The van der Waals surface area contributed by atoms with Crippen molar-refractivity contribution in [2.24, 2.45) is 5.92 Å². The molecule has 2 aromatic rings. The van der Waals surface area contributed by atoms with E-state index >= 15 is 0 Å². The first-order valence-electron chi connectivity index (χ1n) is 11.0. The molecule has 5 rings (SSSR count). The molecule has 1 fully saturated rings. The van der Waals surface area contributed by atoms with Crippen LogP contribution >= 0.6 is 0 Å². The molecule has 158 valence electrons. The lowest BCUT2D eigenvalue weighted by Crippen LogP contribution is -2.42. The number of hydrogen-bond acceptors (Lipinski definition) is 3. The largest absolute Gasteiger partial charge is 0.309 e. The van der Waals surface area contributed by atoms with E-state index in [1.54, 1.807) is 12.1 Å². The molecule has 3 aliphatic rings. The van der Waals surface area contributed by atoms with Crippen molar-refractivity contribution in [2.75, 3.05) is 4.90 Å². The average Bonchev–Trinajstić information content (AvgIpc) is 3.01. The minimum absolute atomic E-state index is 0.0734. The van der Waals surface area contributed by atoms with Crippen LogP contribution in [0.3, 0.4) is 0 Å². The van der Waals surface area contributed by atoms with Crippen LogP contribution in [0.2, 0.25) is 0 Å². The molecule has 2 aromatic carbocycles. The molecule has 30 heavy (non-hydrogen) atoms. The highest BCUT2D eigenvalue weighted by atomic mass is 32.2. The first-order valence-corrected chi connectivity index (χ1v) is 12.5. The fourth-order valence-electron chi connectivity index (χ4n) is 5.09. The van der Waals surface area contributed by atoms with Gasteiger partial charge in [-0.2, -0.15) is 0 Å². The summed E-state index contributed by atoms with van der Waals surface area (Å²) in [7, 11) is -3.64. The third-order valence-corrected chi connectivity index (χ3v) is 8.40. The fraction of sp³-hybridized carbons (Fsp3) is 0.458. The van der Waals surface area contributed by atoms with Crippen LogP contribution in [0.25, 0.3) is 0 Å². The number of hydrogen-bond donors (Lipinski definition) is 1. The number of rotatable bonds is 4. The quantitative estimate of drug-likeness (QED) is 0.803. The van der Waals surface area contributed by atoms with E-state index < -0.39 is 10.0 Å². The van der Waals surface area contributed by atoms with Crippen molar-refractivity contribution in [3.8, 4) is 0 Å². The lowest BCUT2D eigenvalue weighted by molar-refractivity contribution is -0.125. The number of nitrogens with zero attached hydrogens (tertiary/aromatic N) is 1.